The van der Waals surface area contributed by atoms with Crippen LogP contribution in [0.5, 0.6) is 0 Å². The molecule has 8 heteroatoms. The first kappa shape index (κ1) is 25.0. The molecular weight excluding hydrogens is 436 g/mol. The molecule has 6 nitrogen and oxygen atoms in total. The molecule has 0 spiro atoms. The van der Waals surface area contributed by atoms with Crippen LogP contribution in [0, 0.1) is 5.92 Å². The van der Waals surface area contributed by atoms with E-state index in [1.807, 2.05) is 18.3 Å². The van der Waals surface area contributed by atoms with Gasteiger partial charge in [-0.05, 0) is 73.9 Å². The molecule has 0 radical (unpaired) electrons. The molecule has 0 bridgehead atoms. The van der Waals surface area contributed by atoms with Crippen molar-refractivity contribution in [3.05, 3.63) is 71.5 Å². The van der Waals surface area contributed by atoms with Gasteiger partial charge in [0.05, 0.1) is 12.0 Å². The summed E-state index contributed by atoms with van der Waals surface area (Å²) in [4.78, 5) is 15.8. The normalized spacial score (nSPS) is 12.7. The number of nitrogens with zero attached hydrogens (tertiary/aromatic N) is 1. The number of sulfonamides is 1. The van der Waals surface area contributed by atoms with Gasteiger partial charge in [-0.1, -0.05) is 30.2 Å². The second-order valence-electron chi connectivity index (χ2n) is 7.24. The van der Waals surface area contributed by atoms with Gasteiger partial charge in [-0.15, -0.1) is 0 Å². The average Bonchev–Trinajstić information content (AvgIpc) is 2.77. The zero-order valence-electron chi connectivity index (χ0n) is 17.7. The largest absolute Gasteiger partial charge is 0.466 e. The lowest BCUT2D eigenvalue weighted by Gasteiger charge is -2.13. The van der Waals surface area contributed by atoms with Crippen LogP contribution in [0.1, 0.15) is 37.7 Å². The summed E-state index contributed by atoms with van der Waals surface area (Å²) < 4.78 is 31.9. The highest BCUT2D eigenvalue weighted by atomic mass is 35.5. The van der Waals surface area contributed by atoms with E-state index in [1.54, 1.807) is 18.3 Å². The number of allylic oxidation sites excluding steroid dienone is 1. The van der Waals surface area contributed by atoms with Gasteiger partial charge in [-0.2, -0.15) is 0 Å². The fraction of sp³-hybridized carbons (Fsp3) is 0.391. The summed E-state index contributed by atoms with van der Waals surface area (Å²) in [5, 5.41) is 0.494. The first-order valence-electron chi connectivity index (χ1n) is 10.3. The summed E-state index contributed by atoms with van der Waals surface area (Å²) in [7, 11) is -2.18. The van der Waals surface area contributed by atoms with Gasteiger partial charge in [0.1, 0.15) is 0 Å². The van der Waals surface area contributed by atoms with E-state index >= 15 is 0 Å². The molecule has 2 aromatic rings. The number of aryl methyl sites for hydroxylation is 1. The molecule has 0 aliphatic heterocycles. The number of unbranched alkanes of at least 4 members (excludes halogenated alkanes) is 1. The maximum absolute atomic E-state index is 12.3. The molecule has 0 amide bonds. The minimum absolute atomic E-state index is 0.200. The number of ether oxygens (including phenoxy) is 1. The molecule has 0 aliphatic carbocycles. The first-order chi connectivity index (χ1) is 14.9. The number of esters is 1. The van der Waals surface area contributed by atoms with E-state index in [9.17, 15) is 13.2 Å². The topological polar surface area (TPSA) is 85.4 Å². The third-order valence-electron chi connectivity index (χ3n) is 4.89. The highest BCUT2D eigenvalue weighted by Crippen LogP contribution is 2.19. The second kappa shape index (κ2) is 13.2. The number of benzene rings is 1. The Kier molecular flexibility index (Phi) is 10.7. The minimum atomic E-state index is -3.54. The summed E-state index contributed by atoms with van der Waals surface area (Å²) in [5.74, 6) is -0.142. The molecule has 168 valence electrons. The number of hydrogen-bond acceptors (Lipinski definition) is 5. The summed E-state index contributed by atoms with van der Waals surface area (Å²) in [5.41, 5.74) is 1.19. The fourth-order valence-corrected chi connectivity index (χ4v) is 4.37. The molecule has 1 heterocycles. The predicted molar refractivity (Wildman–Crippen MR) is 122 cm³/mol. The molecule has 0 saturated heterocycles. The molecule has 1 N–H and O–H groups in total. The van der Waals surface area contributed by atoms with Crippen LogP contribution in [0.4, 0.5) is 0 Å². The standard InChI is InChI=1S/C23H29ClN2O4S/c1-30-23(27)15-10-19(7-4-8-20-9-5-16-25-18-20)6-2-3-17-26-31(28,29)22-13-11-21(24)12-14-22/h5,9-16,18-19,26H,2-4,6-8,17H2,1H3. The number of pyridine rings is 1. The van der Waals surface area contributed by atoms with Crippen LogP contribution in [0.25, 0.3) is 0 Å². The quantitative estimate of drug-likeness (QED) is 0.267. The maximum Gasteiger partial charge on any atom is 0.330 e. The molecule has 1 aromatic heterocycles. The maximum atomic E-state index is 12.3. The van der Waals surface area contributed by atoms with Crippen LogP contribution >= 0.6 is 11.6 Å². The zero-order chi connectivity index (χ0) is 22.5. The van der Waals surface area contributed by atoms with Gasteiger partial charge in [0, 0.05) is 30.0 Å². The first-order valence-corrected chi connectivity index (χ1v) is 12.2. The number of aromatic nitrogens is 1. The molecule has 1 unspecified atom stereocenters. The lowest BCUT2D eigenvalue weighted by atomic mass is 9.94. The van der Waals surface area contributed by atoms with Crippen LogP contribution in [0.3, 0.4) is 0 Å². The lowest BCUT2D eigenvalue weighted by molar-refractivity contribution is -0.134. The van der Waals surface area contributed by atoms with Crippen LogP contribution in [0.2, 0.25) is 5.02 Å². The Morgan fingerprint density at radius 3 is 2.58 bits per heavy atom. The van der Waals surface area contributed by atoms with Crippen molar-refractivity contribution in [2.75, 3.05) is 13.7 Å². The fourth-order valence-electron chi connectivity index (χ4n) is 3.17. The Bertz CT molecular complexity index is 932. The third kappa shape index (κ3) is 9.63. The molecule has 0 aliphatic rings. The minimum Gasteiger partial charge on any atom is -0.466 e. The molecule has 2 rings (SSSR count). The van der Waals surface area contributed by atoms with E-state index in [-0.39, 0.29) is 16.8 Å². The summed E-state index contributed by atoms with van der Waals surface area (Å²) in [6, 6.07) is 10.1. The van der Waals surface area contributed by atoms with Gasteiger partial charge in [0.2, 0.25) is 10.0 Å². The molecule has 31 heavy (non-hydrogen) atoms. The number of halogens is 1. The zero-order valence-corrected chi connectivity index (χ0v) is 19.2. The van der Waals surface area contributed by atoms with Crippen molar-refractivity contribution in [1.82, 2.24) is 9.71 Å². The van der Waals surface area contributed by atoms with E-state index in [4.69, 9.17) is 11.6 Å². The molecule has 0 fully saturated rings. The van der Waals surface area contributed by atoms with E-state index in [2.05, 4.69) is 20.5 Å². The van der Waals surface area contributed by atoms with Crippen molar-refractivity contribution in [2.45, 2.75) is 43.4 Å². The van der Waals surface area contributed by atoms with E-state index < -0.39 is 10.0 Å². The van der Waals surface area contributed by atoms with Gasteiger partial charge >= 0.3 is 5.97 Å². The summed E-state index contributed by atoms with van der Waals surface area (Å²) in [6.45, 7) is 0.355. The van der Waals surface area contributed by atoms with Crippen molar-refractivity contribution in [1.29, 1.82) is 0 Å². The Labute approximate surface area is 189 Å². The van der Waals surface area contributed by atoms with E-state index in [0.29, 0.717) is 18.0 Å². The van der Waals surface area contributed by atoms with E-state index in [0.717, 1.165) is 32.1 Å². The van der Waals surface area contributed by atoms with Crippen molar-refractivity contribution >= 4 is 27.6 Å². The van der Waals surface area contributed by atoms with Gasteiger partial charge in [-0.25, -0.2) is 17.9 Å². The highest BCUT2D eigenvalue weighted by Gasteiger charge is 2.13. The van der Waals surface area contributed by atoms with Crippen molar-refractivity contribution in [3.8, 4) is 0 Å². The molecule has 1 atom stereocenters. The summed E-state index contributed by atoms with van der Waals surface area (Å²) in [6.07, 6.45) is 12.2. The average molecular weight is 465 g/mol. The van der Waals surface area contributed by atoms with Crippen molar-refractivity contribution in [3.63, 3.8) is 0 Å². The van der Waals surface area contributed by atoms with Crippen LogP contribution < -0.4 is 4.72 Å². The molecular formula is C23H29ClN2O4S. The Balaban J connectivity index is 1.78. The van der Waals surface area contributed by atoms with Gasteiger partial charge in [-0.3, -0.25) is 4.98 Å². The Hall–Kier alpha value is -2.22. The Morgan fingerprint density at radius 2 is 1.90 bits per heavy atom. The monoisotopic (exact) mass is 464 g/mol. The number of nitrogens with one attached hydrogen (secondary N) is 1. The Morgan fingerprint density at radius 1 is 1.16 bits per heavy atom. The smallest absolute Gasteiger partial charge is 0.330 e. The summed E-state index contributed by atoms with van der Waals surface area (Å²) >= 11 is 5.81. The number of rotatable bonds is 13. The number of carbonyl (C=O) groups is 1. The van der Waals surface area contributed by atoms with Gasteiger partial charge < -0.3 is 4.74 Å². The predicted octanol–water partition coefficient (Wildman–Crippen LogP) is 4.55. The van der Waals surface area contributed by atoms with Gasteiger partial charge in [0.15, 0.2) is 0 Å². The van der Waals surface area contributed by atoms with E-state index in [1.165, 1.54) is 30.9 Å². The van der Waals surface area contributed by atoms with Crippen molar-refractivity contribution < 1.29 is 17.9 Å². The number of carbonyl (C=O) groups excluding carboxylic acids is 1. The molecule has 1 aromatic carbocycles. The second-order valence-corrected chi connectivity index (χ2v) is 9.45. The SMILES string of the molecule is COC(=O)C=CC(CCCCNS(=O)(=O)c1ccc(Cl)cc1)CCCc1cccnc1. The van der Waals surface area contributed by atoms with Gasteiger partial charge in [0.25, 0.3) is 0 Å². The molecule has 0 saturated carbocycles. The number of methoxy groups -OCH3 is 1. The number of hydrogen-bond donors (Lipinski definition) is 1. The lowest BCUT2D eigenvalue weighted by Crippen LogP contribution is -2.24. The van der Waals surface area contributed by atoms with Crippen LogP contribution in [-0.4, -0.2) is 33.0 Å². The van der Waals surface area contributed by atoms with Crippen LogP contribution in [-0.2, 0) is 26.0 Å². The third-order valence-corrected chi connectivity index (χ3v) is 6.62. The van der Waals surface area contributed by atoms with Crippen molar-refractivity contribution in [2.24, 2.45) is 5.92 Å². The van der Waals surface area contributed by atoms with Crippen LogP contribution in [0.15, 0.2) is 65.8 Å². The highest BCUT2D eigenvalue weighted by molar-refractivity contribution is 7.89.